The second-order valence-electron chi connectivity index (χ2n) is 6.41. The predicted octanol–water partition coefficient (Wildman–Crippen LogP) is 3.20. The highest BCUT2D eigenvalue weighted by Crippen LogP contribution is 2.33. The normalized spacial score (nSPS) is 22.7. The van der Waals surface area contributed by atoms with Gasteiger partial charge >= 0.3 is 0 Å². The summed E-state index contributed by atoms with van der Waals surface area (Å²) in [6.07, 6.45) is 8.06. The van der Waals surface area contributed by atoms with E-state index in [0.29, 0.717) is 19.0 Å². The van der Waals surface area contributed by atoms with Gasteiger partial charge in [0.1, 0.15) is 5.01 Å². The van der Waals surface area contributed by atoms with Gasteiger partial charge in [-0.25, -0.2) is 4.98 Å². The van der Waals surface area contributed by atoms with Crippen molar-refractivity contribution in [1.29, 1.82) is 0 Å². The molecule has 1 heterocycles. The molecule has 0 saturated heterocycles. The molecule has 1 aromatic heterocycles. The number of aryl methyl sites for hydroxylation is 2. The summed E-state index contributed by atoms with van der Waals surface area (Å²) in [5.41, 5.74) is 7.08. The van der Waals surface area contributed by atoms with Crippen LogP contribution in [0, 0.1) is 11.8 Å². The van der Waals surface area contributed by atoms with Crippen LogP contribution in [0.1, 0.15) is 47.7 Å². The molecule has 1 saturated carbocycles. The number of carbonyl (C=O) groups excluding carboxylic acids is 1. The fourth-order valence-electron chi connectivity index (χ4n) is 3.68. The maximum atomic E-state index is 12.6. The average Bonchev–Trinajstić information content (AvgIpc) is 3.11. The quantitative estimate of drug-likeness (QED) is 0.873. The Morgan fingerprint density at radius 2 is 2.00 bits per heavy atom. The van der Waals surface area contributed by atoms with Gasteiger partial charge in [-0.3, -0.25) is 4.79 Å². The van der Waals surface area contributed by atoms with Gasteiger partial charge in [0, 0.05) is 17.8 Å². The first-order chi connectivity index (χ1) is 10.2. The lowest BCUT2D eigenvalue weighted by Crippen LogP contribution is -2.36. The zero-order valence-electron chi connectivity index (χ0n) is 13.6. The fraction of sp³-hybridized carbons (Fsp3) is 0.750. The maximum Gasteiger partial charge on any atom is 0.226 e. The molecule has 0 radical (unpaired) electrons. The number of nitrogens with two attached hydrogens (primary N) is 1. The molecule has 132 valence electrons. The lowest BCUT2D eigenvalue weighted by atomic mass is 9.95. The number of thiazole rings is 1. The standard InChI is InChI=1S/C16H25N3OS.2ClH/c1-19(16(20)12-6-4-5-11(12)9-17)10-15-18-13-7-2-3-8-14(13)21-15;;/h11-12H,2-10,17H2,1H3;2*1H/t11-,12-;;/m1../s1. The van der Waals surface area contributed by atoms with Crippen molar-refractivity contribution in [3.8, 4) is 0 Å². The van der Waals surface area contributed by atoms with Gasteiger partial charge in [-0.2, -0.15) is 0 Å². The van der Waals surface area contributed by atoms with Crippen molar-refractivity contribution in [3.05, 3.63) is 15.6 Å². The van der Waals surface area contributed by atoms with E-state index in [1.54, 1.807) is 11.3 Å². The number of nitrogens with zero attached hydrogens (tertiary/aromatic N) is 2. The molecule has 2 atom stereocenters. The lowest BCUT2D eigenvalue weighted by molar-refractivity contribution is -0.135. The van der Waals surface area contributed by atoms with Crippen LogP contribution in [0.5, 0.6) is 0 Å². The number of aromatic nitrogens is 1. The van der Waals surface area contributed by atoms with Crippen LogP contribution in [0.3, 0.4) is 0 Å². The molecule has 1 amide bonds. The van der Waals surface area contributed by atoms with Crippen LogP contribution in [0.4, 0.5) is 0 Å². The van der Waals surface area contributed by atoms with Gasteiger partial charge in [0.2, 0.25) is 5.91 Å². The molecule has 0 bridgehead atoms. The van der Waals surface area contributed by atoms with E-state index in [2.05, 4.69) is 0 Å². The summed E-state index contributed by atoms with van der Waals surface area (Å²) in [7, 11) is 1.91. The first-order valence-electron chi connectivity index (χ1n) is 8.11. The summed E-state index contributed by atoms with van der Waals surface area (Å²) >= 11 is 1.80. The third-order valence-electron chi connectivity index (χ3n) is 4.92. The molecule has 7 heteroatoms. The Bertz CT molecular complexity index is 500. The Labute approximate surface area is 155 Å². The zero-order chi connectivity index (χ0) is 14.8. The van der Waals surface area contributed by atoms with E-state index in [1.807, 2.05) is 11.9 Å². The molecule has 2 aliphatic carbocycles. The van der Waals surface area contributed by atoms with Crippen molar-refractivity contribution < 1.29 is 4.79 Å². The molecule has 4 nitrogen and oxygen atoms in total. The second kappa shape index (κ2) is 9.21. The van der Waals surface area contributed by atoms with Gasteiger partial charge in [-0.15, -0.1) is 36.2 Å². The van der Waals surface area contributed by atoms with Crippen LogP contribution in [-0.4, -0.2) is 29.4 Å². The van der Waals surface area contributed by atoms with E-state index in [-0.39, 0.29) is 36.6 Å². The summed E-state index contributed by atoms with van der Waals surface area (Å²) in [4.78, 5) is 20.7. The van der Waals surface area contributed by atoms with Crippen molar-refractivity contribution in [3.63, 3.8) is 0 Å². The van der Waals surface area contributed by atoms with Crippen LogP contribution >= 0.6 is 36.2 Å². The van der Waals surface area contributed by atoms with Crippen LogP contribution in [-0.2, 0) is 24.2 Å². The highest BCUT2D eigenvalue weighted by molar-refractivity contribution is 7.11. The highest BCUT2D eigenvalue weighted by Gasteiger charge is 2.33. The molecule has 1 aromatic rings. The van der Waals surface area contributed by atoms with Gasteiger partial charge in [0.15, 0.2) is 0 Å². The Morgan fingerprint density at radius 3 is 2.70 bits per heavy atom. The topological polar surface area (TPSA) is 59.2 Å². The van der Waals surface area contributed by atoms with Crippen LogP contribution < -0.4 is 5.73 Å². The molecule has 3 rings (SSSR count). The molecule has 0 aromatic carbocycles. The molecule has 2 aliphatic rings. The Hall–Kier alpha value is -0.360. The SMILES string of the molecule is CN(Cc1nc2c(s1)CCCC2)C(=O)[C@@H]1CCC[C@@H]1CN.Cl.Cl. The maximum absolute atomic E-state index is 12.6. The molecular formula is C16H27Cl2N3OS. The summed E-state index contributed by atoms with van der Waals surface area (Å²) < 4.78 is 0. The first kappa shape index (κ1) is 20.7. The minimum Gasteiger partial charge on any atom is -0.339 e. The Kier molecular flexibility index (Phi) is 8.28. The number of halogens is 2. The second-order valence-corrected chi connectivity index (χ2v) is 7.58. The smallest absolute Gasteiger partial charge is 0.226 e. The van der Waals surface area contributed by atoms with Crippen molar-refractivity contribution >= 4 is 42.1 Å². The van der Waals surface area contributed by atoms with Gasteiger partial charge in [-0.1, -0.05) is 6.42 Å². The van der Waals surface area contributed by atoms with Crippen molar-refractivity contribution in [2.24, 2.45) is 17.6 Å². The molecular weight excluding hydrogens is 353 g/mol. The highest BCUT2D eigenvalue weighted by atomic mass is 35.5. The molecule has 1 fully saturated rings. The largest absolute Gasteiger partial charge is 0.339 e. The number of carbonyl (C=O) groups is 1. The van der Waals surface area contributed by atoms with Crippen LogP contribution in [0.25, 0.3) is 0 Å². The summed E-state index contributed by atoms with van der Waals surface area (Å²) in [6.45, 7) is 1.29. The number of hydrogen-bond donors (Lipinski definition) is 1. The molecule has 2 N–H and O–H groups in total. The average molecular weight is 380 g/mol. The number of fused-ring (bicyclic) bond motifs is 1. The third kappa shape index (κ3) is 4.59. The summed E-state index contributed by atoms with van der Waals surface area (Å²) in [5.74, 6) is 0.773. The molecule has 0 spiro atoms. The number of amides is 1. The number of rotatable bonds is 4. The fourth-order valence-corrected chi connectivity index (χ4v) is 4.89. The van der Waals surface area contributed by atoms with Gasteiger partial charge in [0.25, 0.3) is 0 Å². The molecule has 0 aliphatic heterocycles. The van der Waals surface area contributed by atoms with E-state index >= 15 is 0 Å². The van der Waals surface area contributed by atoms with Crippen LogP contribution in [0.15, 0.2) is 0 Å². The minimum atomic E-state index is 0. The third-order valence-corrected chi connectivity index (χ3v) is 6.06. The van der Waals surface area contributed by atoms with Gasteiger partial charge < -0.3 is 10.6 Å². The molecule has 0 unspecified atom stereocenters. The first-order valence-corrected chi connectivity index (χ1v) is 8.93. The van der Waals surface area contributed by atoms with Crippen molar-refractivity contribution in [2.45, 2.75) is 51.5 Å². The van der Waals surface area contributed by atoms with E-state index in [1.165, 1.54) is 29.8 Å². The minimum absolute atomic E-state index is 0. The zero-order valence-corrected chi connectivity index (χ0v) is 16.1. The summed E-state index contributed by atoms with van der Waals surface area (Å²) in [5, 5.41) is 1.10. The Morgan fingerprint density at radius 1 is 1.26 bits per heavy atom. The van der Waals surface area contributed by atoms with Crippen LogP contribution in [0.2, 0.25) is 0 Å². The van der Waals surface area contributed by atoms with E-state index < -0.39 is 0 Å². The van der Waals surface area contributed by atoms with E-state index in [4.69, 9.17) is 10.7 Å². The van der Waals surface area contributed by atoms with Crippen molar-refractivity contribution in [1.82, 2.24) is 9.88 Å². The van der Waals surface area contributed by atoms with Gasteiger partial charge in [0.05, 0.1) is 12.2 Å². The van der Waals surface area contributed by atoms with E-state index in [0.717, 1.165) is 30.7 Å². The van der Waals surface area contributed by atoms with Gasteiger partial charge in [-0.05, 0) is 51.0 Å². The Balaban J connectivity index is 0.00000132. The van der Waals surface area contributed by atoms with Crippen molar-refractivity contribution in [2.75, 3.05) is 13.6 Å². The lowest BCUT2D eigenvalue weighted by Gasteiger charge is -2.23. The molecule has 23 heavy (non-hydrogen) atoms. The monoisotopic (exact) mass is 379 g/mol. The summed E-state index contributed by atoms with van der Waals surface area (Å²) in [6, 6.07) is 0. The number of hydrogen-bond acceptors (Lipinski definition) is 4. The van der Waals surface area contributed by atoms with E-state index in [9.17, 15) is 4.79 Å². The predicted molar refractivity (Wildman–Crippen MR) is 99.6 cm³/mol.